The van der Waals surface area contributed by atoms with E-state index in [0.717, 1.165) is 50.6 Å². The van der Waals surface area contributed by atoms with Crippen molar-refractivity contribution in [2.45, 2.75) is 122 Å². The number of benzene rings is 1. The van der Waals surface area contributed by atoms with Gasteiger partial charge in [0.05, 0.1) is 6.04 Å². The first-order valence-corrected chi connectivity index (χ1v) is 15.8. The first-order chi connectivity index (χ1) is 18.6. The lowest BCUT2D eigenvalue weighted by atomic mass is 9.73. The maximum atomic E-state index is 13.4. The zero-order valence-corrected chi connectivity index (χ0v) is 25.2. The van der Waals surface area contributed by atoms with Crippen molar-refractivity contribution in [2.24, 2.45) is 28.3 Å². The van der Waals surface area contributed by atoms with Crippen molar-refractivity contribution in [2.75, 3.05) is 13.6 Å². The Morgan fingerprint density at radius 1 is 1.10 bits per heavy atom. The van der Waals surface area contributed by atoms with Crippen LogP contribution in [0.3, 0.4) is 0 Å². The molecule has 1 N–H and O–H groups in total. The molecule has 3 aliphatic carbocycles. The van der Waals surface area contributed by atoms with Gasteiger partial charge in [0.1, 0.15) is 12.0 Å². The average molecular weight is 534 g/mol. The Hall–Kier alpha value is -2.08. The van der Waals surface area contributed by atoms with Crippen molar-refractivity contribution in [1.82, 2.24) is 20.1 Å². The summed E-state index contributed by atoms with van der Waals surface area (Å²) in [6.45, 7) is 12.6. The van der Waals surface area contributed by atoms with Gasteiger partial charge in [-0.25, -0.2) is 0 Å². The second kappa shape index (κ2) is 10.1. The summed E-state index contributed by atoms with van der Waals surface area (Å²) in [5.74, 6) is 2.99. The second-order valence-corrected chi connectivity index (χ2v) is 14.5. The number of nitrogens with one attached hydrogen (secondary N) is 1. The van der Waals surface area contributed by atoms with Gasteiger partial charge >= 0.3 is 0 Å². The number of amides is 1. The number of rotatable bonds is 8. The van der Waals surface area contributed by atoms with E-state index in [0.29, 0.717) is 29.1 Å². The average Bonchev–Trinajstić information content (AvgIpc) is 3.62. The monoisotopic (exact) mass is 533 g/mol. The fraction of sp³-hybridized carbons (Fsp3) is 0.758. The third kappa shape index (κ3) is 4.69. The van der Waals surface area contributed by atoms with E-state index in [1.54, 1.807) is 0 Å². The van der Waals surface area contributed by atoms with Crippen LogP contribution < -0.4 is 5.32 Å². The molecule has 0 aromatic heterocycles. The molecule has 6 unspecified atom stereocenters. The molecular weight excluding hydrogens is 482 g/mol. The fourth-order valence-electron chi connectivity index (χ4n) is 9.05. The Morgan fingerprint density at radius 3 is 2.51 bits per heavy atom. The summed E-state index contributed by atoms with van der Waals surface area (Å²) in [5.41, 5.74) is 1.99. The first-order valence-electron chi connectivity index (χ1n) is 15.8. The van der Waals surface area contributed by atoms with Crippen LogP contribution in [0.1, 0.15) is 104 Å². The molecule has 2 saturated heterocycles. The van der Waals surface area contributed by atoms with E-state index in [-0.39, 0.29) is 17.9 Å². The van der Waals surface area contributed by atoms with Crippen LogP contribution in [0.2, 0.25) is 0 Å². The molecule has 0 radical (unpaired) electrons. The molecule has 1 aromatic rings. The second-order valence-electron chi connectivity index (χ2n) is 14.5. The molecule has 6 heteroatoms. The first kappa shape index (κ1) is 27.1. The summed E-state index contributed by atoms with van der Waals surface area (Å²) in [6, 6.07) is 12.1. The zero-order chi connectivity index (χ0) is 27.5. The van der Waals surface area contributed by atoms with Crippen LogP contribution in [0.15, 0.2) is 35.4 Å². The van der Waals surface area contributed by atoms with Gasteiger partial charge in [-0.2, -0.15) is 5.10 Å². The minimum Gasteiger partial charge on any atom is -0.349 e. The van der Waals surface area contributed by atoms with Crippen molar-refractivity contribution < 1.29 is 4.79 Å². The molecule has 3 heterocycles. The highest BCUT2D eigenvalue weighted by molar-refractivity contribution is 5.85. The van der Waals surface area contributed by atoms with Gasteiger partial charge in [-0.15, -0.1) is 0 Å². The maximum Gasteiger partial charge on any atom is 0.223 e. The van der Waals surface area contributed by atoms with Crippen molar-refractivity contribution in [3.63, 3.8) is 0 Å². The standard InChI is InChI=1S/C33H51N5O/c1-22(2)30-35-36(6)23(3)38(30)26-20-27-29-14-18-33(27,21-26)37(29)19-15-28(24-10-8-7-9-11-24)34-31(39)25-12-16-32(4,5)17-13-25/h7-11,22-23,25-29H,12-21H2,1-6H3,(H,34,39). The number of hydrogen-bond acceptors (Lipinski definition) is 5. The van der Waals surface area contributed by atoms with Gasteiger partial charge in [0.25, 0.3) is 0 Å². The predicted octanol–water partition coefficient (Wildman–Crippen LogP) is 6.01. The highest BCUT2D eigenvalue weighted by atomic mass is 16.1. The number of fused-ring (bicyclic) bond motifs is 1. The summed E-state index contributed by atoms with van der Waals surface area (Å²) in [6.07, 6.45) is 10.9. The summed E-state index contributed by atoms with van der Waals surface area (Å²) >= 11 is 0. The number of hydrazone groups is 1. The van der Waals surface area contributed by atoms with Crippen LogP contribution in [0.5, 0.6) is 0 Å². The zero-order valence-electron chi connectivity index (χ0n) is 25.2. The largest absolute Gasteiger partial charge is 0.349 e. The van der Waals surface area contributed by atoms with Crippen molar-refractivity contribution in [1.29, 1.82) is 0 Å². The van der Waals surface area contributed by atoms with Gasteiger partial charge in [-0.05, 0) is 81.6 Å². The molecule has 5 fully saturated rings. The molecular formula is C33H51N5O. The minimum absolute atomic E-state index is 0.0904. The molecule has 39 heavy (non-hydrogen) atoms. The smallest absolute Gasteiger partial charge is 0.223 e. The molecule has 6 atom stereocenters. The fourth-order valence-corrected chi connectivity index (χ4v) is 9.05. The van der Waals surface area contributed by atoms with E-state index < -0.39 is 0 Å². The van der Waals surface area contributed by atoms with Crippen LogP contribution >= 0.6 is 0 Å². The van der Waals surface area contributed by atoms with Crippen molar-refractivity contribution >= 4 is 11.7 Å². The Morgan fingerprint density at radius 2 is 1.82 bits per heavy atom. The van der Waals surface area contributed by atoms with Gasteiger partial charge in [-0.1, -0.05) is 58.0 Å². The SMILES string of the molecule is CC(C)C1=NN(C)C(C)N1C1CC2C3CCC2(C1)N3CCC(NC(=O)C1CCC(C)(C)CC1)c1ccccc1. The normalized spacial score (nSPS) is 34.7. The lowest BCUT2D eigenvalue weighted by Gasteiger charge is -2.55. The molecule has 1 spiro atoms. The summed E-state index contributed by atoms with van der Waals surface area (Å²) in [4.78, 5) is 18.9. The predicted molar refractivity (Wildman–Crippen MR) is 158 cm³/mol. The Balaban J connectivity index is 1.13. The number of carbonyl (C=O) groups excluding carboxylic acids is 1. The molecule has 1 amide bonds. The van der Waals surface area contributed by atoms with E-state index in [1.165, 1.54) is 37.1 Å². The van der Waals surface area contributed by atoms with Crippen molar-refractivity contribution in [3.8, 4) is 0 Å². The van der Waals surface area contributed by atoms with Crippen LogP contribution in [0.4, 0.5) is 0 Å². The number of carbonyl (C=O) groups is 1. The van der Waals surface area contributed by atoms with E-state index >= 15 is 0 Å². The van der Waals surface area contributed by atoms with Crippen LogP contribution in [0.25, 0.3) is 0 Å². The third-order valence-electron chi connectivity index (χ3n) is 11.4. The van der Waals surface area contributed by atoms with E-state index in [2.05, 4.69) is 92.1 Å². The molecule has 3 aliphatic heterocycles. The van der Waals surface area contributed by atoms with E-state index in [9.17, 15) is 4.79 Å². The summed E-state index contributed by atoms with van der Waals surface area (Å²) in [7, 11) is 2.12. The van der Waals surface area contributed by atoms with Crippen LogP contribution in [-0.2, 0) is 4.79 Å². The van der Waals surface area contributed by atoms with Gasteiger partial charge in [0.2, 0.25) is 5.91 Å². The van der Waals surface area contributed by atoms with Gasteiger partial charge in [0, 0.05) is 43.1 Å². The van der Waals surface area contributed by atoms with Gasteiger partial charge < -0.3 is 10.2 Å². The Labute approximate surface area is 236 Å². The number of hydrogen-bond donors (Lipinski definition) is 1. The highest BCUT2D eigenvalue weighted by Crippen LogP contribution is 2.63. The lowest BCUT2D eigenvalue weighted by Crippen LogP contribution is -2.64. The molecule has 3 saturated carbocycles. The molecule has 214 valence electrons. The highest BCUT2D eigenvalue weighted by Gasteiger charge is 2.69. The molecule has 6 nitrogen and oxygen atoms in total. The Kier molecular flexibility index (Phi) is 7.01. The quantitative estimate of drug-likeness (QED) is 0.445. The van der Waals surface area contributed by atoms with Gasteiger partial charge in [0.15, 0.2) is 0 Å². The lowest BCUT2D eigenvalue weighted by molar-refractivity contribution is -0.127. The number of nitrogens with zero attached hydrogens (tertiary/aromatic N) is 4. The maximum absolute atomic E-state index is 13.4. The Bertz CT molecular complexity index is 1070. The van der Waals surface area contributed by atoms with Crippen LogP contribution in [0, 0.1) is 23.2 Å². The molecule has 7 rings (SSSR count). The van der Waals surface area contributed by atoms with E-state index in [4.69, 9.17) is 5.10 Å². The molecule has 2 bridgehead atoms. The topological polar surface area (TPSA) is 51.2 Å². The van der Waals surface area contributed by atoms with Gasteiger partial charge in [-0.3, -0.25) is 14.7 Å². The van der Waals surface area contributed by atoms with Crippen molar-refractivity contribution in [3.05, 3.63) is 35.9 Å². The van der Waals surface area contributed by atoms with Crippen LogP contribution in [-0.4, -0.2) is 63.9 Å². The third-order valence-corrected chi connectivity index (χ3v) is 11.4. The summed E-state index contributed by atoms with van der Waals surface area (Å²) < 4.78 is 0. The van der Waals surface area contributed by atoms with E-state index in [1.807, 2.05) is 0 Å². The minimum atomic E-state index is 0.0904. The number of amidine groups is 1. The molecule has 6 aliphatic rings. The molecule has 1 aromatic carbocycles. The summed E-state index contributed by atoms with van der Waals surface area (Å²) in [5, 5.41) is 10.6.